The molecule has 0 atom stereocenters. The Bertz CT molecular complexity index is 165. The molecule has 0 radical (unpaired) electrons. The average molecular weight is 267 g/mol. The van der Waals surface area contributed by atoms with E-state index in [4.69, 9.17) is 0 Å². The number of halogens is 2. The highest BCUT2D eigenvalue weighted by Crippen LogP contribution is 1.97. The van der Waals surface area contributed by atoms with Crippen LogP contribution < -0.4 is 4.34 Å². The van der Waals surface area contributed by atoms with Gasteiger partial charge in [0.15, 0.2) is 0 Å². The Labute approximate surface area is 79.9 Å². The fourth-order valence-electron chi connectivity index (χ4n) is 0.673. The van der Waals surface area contributed by atoms with Crippen molar-refractivity contribution in [3.8, 4) is 0 Å². The van der Waals surface area contributed by atoms with E-state index in [1.54, 1.807) is 0 Å². The van der Waals surface area contributed by atoms with Crippen molar-refractivity contribution in [1.29, 1.82) is 0 Å². The first-order valence-corrected chi connectivity index (χ1v) is 3.60. The van der Waals surface area contributed by atoms with E-state index < -0.39 is 0 Å². The summed E-state index contributed by atoms with van der Waals surface area (Å²) in [6.07, 6.45) is 0. The molecule has 0 unspecified atom stereocenters. The van der Waals surface area contributed by atoms with Crippen molar-refractivity contribution >= 4 is 33.1 Å². The molecule has 1 rings (SSSR count). The fourth-order valence-corrected chi connectivity index (χ4v) is 0.997. The summed E-state index contributed by atoms with van der Waals surface area (Å²) in [5.74, 6) is 0. The first-order chi connectivity index (χ1) is 4.43. The van der Waals surface area contributed by atoms with Crippen LogP contribution >= 0.6 is 33.1 Å². The van der Waals surface area contributed by atoms with Crippen molar-refractivity contribution in [1.82, 2.24) is 4.34 Å². The van der Waals surface area contributed by atoms with Crippen LogP contribution in [0.25, 0.3) is 0 Å². The van der Waals surface area contributed by atoms with E-state index in [1.807, 2.05) is 18.2 Å². The molecular formula is C7H9Br2N. The van der Waals surface area contributed by atoms with Crippen LogP contribution in [0.4, 0.5) is 0 Å². The minimum absolute atomic E-state index is 0. The average Bonchev–Trinajstić information content (AvgIpc) is 1.91. The van der Waals surface area contributed by atoms with Crippen molar-refractivity contribution < 1.29 is 0 Å². The van der Waals surface area contributed by atoms with Crippen LogP contribution in [0.15, 0.2) is 30.3 Å². The summed E-state index contributed by atoms with van der Waals surface area (Å²) in [6.45, 7) is 0.876. The van der Waals surface area contributed by atoms with Crippen molar-refractivity contribution in [3.63, 3.8) is 0 Å². The van der Waals surface area contributed by atoms with Gasteiger partial charge in [-0.15, -0.1) is 17.0 Å². The van der Waals surface area contributed by atoms with Crippen LogP contribution in [0.1, 0.15) is 5.56 Å². The van der Waals surface area contributed by atoms with E-state index in [-0.39, 0.29) is 17.0 Å². The van der Waals surface area contributed by atoms with Crippen molar-refractivity contribution in [3.05, 3.63) is 35.9 Å². The molecule has 0 spiro atoms. The lowest BCUT2D eigenvalue weighted by atomic mass is 10.2. The predicted molar refractivity (Wildman–Crippen MR) is 52.5 cm³/mol. The lowest BCUT2D eigenvalue weighted by molar-refractivity contribution is 0.995. The van der Waals surface area contributed by atoms with Gasteiger partial charge in [0.25, 0.3) is 0 Å². The molecule has 10 heavy (non-hydrogen) atoms. The minimum Gasteiger partial charge on any atom is -0.251 e. The van der Waals surface area contributed by atoms with Gasteiger partial charge in [-0.2, -0.15) is 0 Å². The van der Waals surface area contributed by atoms with Crippen LogP contribution in [0, 0.1) is 0 Å². The van der Waals surface area contributed by atoms with Gasteiger partial charge in [0.05, 0.1) is 0 Å². The summed E-state index contributed by atoms with van der Waals surface area (Å²) in [7, 11) is 0. The second-order valence-corrected chi connectivity index (χ2v) is 2.36. The van der Waals surface area contributed by atoms with Gasteiger partial charge in [-0.3, -0.25) is 4.34 Å². The maximum absolute atomic E-state index is 3.14. The monoisotopic (exact) mass is 265 g/mol. The van der Waals surface area contributed by atoms with E-state index >= 15 is 0 Å². The third kappa shape index (κ3) is 3.34. The minimum atomic E-state index is 0. The molecule has 0 heterocycles. The summed E-state index contributed by atoms with van der Waals surface area (Å²) in [5, 5.41) is 0. The number of hydrogen-bond donors (Lipinski definition) is 1. The molecule has 0 bridgehead atoms. The van der Waals surface area contributed by atoms with E-state index in [1.165, 1.54) is 5.56 Å². The molecule has 0 fully saturated rings. The van der Waals surface area contributed by atoms with Crippen LogP contribution in [-0.4, -0.2) is 0 Å². The third-order valence-corrected chi connectivity index (χ3v) is 1.39. The normalized spacial score (nSPS) is 8.50. The zero-order chi connectivity index (χ0) is 6.53. The zero-order valence-electron chi connectivity index (χ0n) is 5.38. The Morgan fingerprint density at radius 2 is 1.80 bits per heavy atom. The molecule has 1 aromatic carbocycles. The van der Waals surface area contributed by atoms with E-state index in [0.717, 1.165) is 6.54 Å². The highest BCUT2D eigenvalue weighted by Gasteiger charge is 1.84. The topological polar surface area (TPSA) is 12.0 Å². The summed E-state index contributed by atoms with van der Waals surface area (Å²) >= 11 is 3.14. The van der Waals surface area contributed by atoms with Gasteiger partial charge in [0.1, 0.15) is 0 Å². The van der Waals surface area contributed by atoms with E-state index in [9.17, 15) is 0 Å². The highest BCUT2D eigenvalue weighted by molar-refractivity contribution is 9.08. The van der Waals surface area contributed by atoms with Gasteiger partial charge >= 0.3 is 0 Å². The number of nitrogens with one attached hydrogen (secondary N) is 1. The molecule has 0 aliphatic carbocycles. The lowest BCUT2D eigenvalue weighted by Gasteiger charge is -1.94. The molecule has 0 aliphatic heterocycles. The predicted octanol–water partition coefficient (Wildman–Crippen LogP) is 2.66. The van der Waals surface area contributed by atoms with Gasteiger partial charge < -0.3 is 0 Å². The maximum atomic E-state index is 3.14. The van der Waals surface area contributed by atoms with Gasteiger partial charge in [0.2, 0.25) is 0 Å². The van der Waals surface area contributed by atoms with Gasteiger partial charge in [-0.05, 0) is 5.56 Å². The molecule has 0 saturated heterocycles. The SMILES string of the molecule is Br.BrNCc1ccccc1. The fraction of sp³-hybridized carbons (Fsp3) is 0.143. The van der Waals surface area contributed by atoms with Gasteiger partial charge in [-0.1, -0.05) is 30.3 Å². The smallest absolute Gasteiger partial charge is 0.0312 e. The van der Waals surface area contributed by atoms with Crippen LogP contribution in [0.3, 0.4) is 0 Å². The lowest BCUT2D eigenvalue weighted by Crippen LogP contribution is -1.95. The molecular weight excluding hydrogens is 258 g/mol. The standard InChI is InChI=1S/C7H8BrN.BrH/c8-9-6-7-4-2-1-3-5-7;/h1-5,9H,6H2;1H. The maximum Gasteiger partial charge on any atom is 0.0312 e. The Morgan fingerprint density at radius 1 is 1.20 bits per heavy atom. The third-order valence-electron chi connectivity index (χ3n) is 1.11. The Kier molecular flexibility index (Phi) is 5.97. The highest BCUT2D eigenvalue weighted by atomic mass is 79.9. The number of hydrogen-bond acceptors (Lipinski definition) is 1. The summed E-state index contributed by atoms with van der Waals surface area (Å²) in [5.41, 5.74) is 1.29. The quantitative estimate of drug-likeness (QED) is 0.812. The second-order valence-electron chi connectivity index (χ2n) is 1.80. The number of rotatable bonds is 2. The molecule has 1 aromatic rings. The molecule has 0 aliphatic rings. The van der Waals surface area contributed by atoms with Crippen molar-refractivity contribution in [2.24, 2.45) is 0 Å². The molecule has 0 amide bonds. The second kappa shape index (κ2) is 5.89. The Hall–Kier alpha value is 0.140. The van der Waals surface area contributed by atoms with Crippen LogP contribution in [0.2, 0.25) is 0 Å². The summed E-state index contributed by atoms with van der Waals surface area (Å²) in [4.78, 5) is 0. The number of benzene rings is 1. The molecule has 1 nitrogen and oxygen atoms in total. The Morgan fingerprint density at radius 3 is 2.30 bits per heavy atom. The van der Waals surface area contributed by atoms with Crippen LogP contribution in [0.5, 0.6) is 0 Å². The summed E-state index contributed by atoms with van der Waals surface area (Å²) in [6, 6.07) is 10.2. The molecule has 0 aromatic heterocycles. The zero-order valence-corrected chi connectivity index (χ0v) is 8.68. The molecule has 1 N–H and O–H groups in total. The first-order valence-electron chi connectivity index (χ1n) is 2.81. The van der Waals surface area contributed by atoms with Crippen molar-refractivity contribution in [2.45, 2.75) is 6.54 Å². The van der Waals surface area contributed by atoms with E-state index in [0.29, 0.717) is 0 Å². The molecule has 0 saturated carbocycles. The largest absolute Gasteiger partial charge is 0.251 e. The van der Waals surface area contributed by atoms with Crippen molar-refractivity contribution in [2.75, 3.05) is 0 Å². The van der Waals surface area contributed by atoms with E-state index in [2.05, 4.69) is 32.6 Å². The summed E-state index contributed by atoms with van der Waals surface area (Å²) < 4.78 is 2.90. The molecule has 56 valence electrons. The van der Waals surface area contributed by atoms with Gasteiger partial charge in [-0.25, -0.2) is 0 Å². The van der Waals surface area contributed by atoms with Gasteiger partial charge in [0, 0.05) is 22.7 Å². The Balaban J connectivity index is 0.000000810. The molecule has 3 heteroatoms. The van der Waals surface area contributed by atoms with Crippen LogP contribution in [-0.2, 0) is 6.54 Å². The first kappa shape index (κ1) is 10.1.